The van der Waals surface area contributed by atoms with Gasteiger partial charge >= 0.3 is 0 Å². The molecule has 0 bridgehead atoms. The summed E-state index contributed by atoms with van der Waals surface area (Å²) in [5.41, 5.74) is 6.87. The number of ether oxygens (including phenoxy) is 2. The maximum atomic E-state index is 13.9. The monoisotopic (exact) mass is 540 g/mol. The van der Waals surface area contributed by atoms with Crippen LogP contribution in [0.1, 0.15) is 17.5 Å². The average molecular weight is 541 g/mol. The second kappa shape index (κ2) is 11.7. The number of nitrogens with two attached hydrogens (primary N) is 1. The molecule has 0 saturated carbocycles. The molecule has 1 aliphatic rings. The Kier molecular flexibility index (Phi) is 8.31. The summed E-state index contributed by atoms with van der Waals surface area (Å²) in [4.78, 5) is 28.3. The average Bonchev–Trinajstić information content (AvgIpc) is 3.31. The number of hydrogen-bond acceptors (Lipinski definition) is 9. The van der Waals surface area contributed by atoms with Gasteiger partial charge in [-0.15, -0.1) is 0 Å². The fraction of sp³-hybridized carbons (Fsp3) is 0.346. The second-order valence-corrected chi connectivity index (χ2v) is 9.27. The third-order valence-electron chi connectivity index (χ3n) is 6.41. The lowest BCUT2D eigenvalue weighted by atomic mass is 9.84. The minimum absolute atomic E-state index is 0.0240. The molecule has 0 spiro atoms. The van der Waals surface area contributed by atoms with E-state index in [4.69, 9.17) is 15.2 Å². The molecule has 3 heterocycles. The summed E-state index contributed by atoms with van der Waals surface area (Å²) in [5, 5.41) is 7.19. The SMILES string of the molecule is COCC1(COC)CC(C=Nc2nc(Nc3ccnn3C)ncc2C)=C(N)C(=O)N1Cc1ccc(F)c(F)c1. The van der Waals surface area contributed by atoms with E-state index in [1.54, 1.807) is 30.2 Å². The smallest absolute Gasteiger partial charge is 0.270 e. The predicted molar refractivity (Wildman–Crippen MR) is 141 cm³/mol. The Labute approximate surface area is 224 Å². The maximum absolute atomic E-state index is 13.9. The van der Waals surface area contributed by atoms with E-state index < -0.39 is 23.1 Å². The van der Waals surface area contributed by atoms with Gasteiger partial charge in [-0.2, -0.15) is 10.1 Å². The summed E-state index contributed by atoms with van der Waals surface area (Å²) in [7, 11) is 4.80. The molecule has 39 heavy (non-hydrogen) atoms. The molecule has 11 nitrogen and oxygen atoms in total. The summed E-state index contributed by atoms with van der Waals surface area (Å²) in [6, 6.07) is 5.27. The van der Waals surface area contributed by atoms with E-state index in [1.165, 1.54) is 31.4 Å². The number of halogens is 2. The first-order valence-electron chi connectivity index (χ1n) is 12.0. The number of aryl methyl sites for hydroxylation is 2. The number of rotatable bonds is 10. The standard InChI is InChI=1S/C26H30F2N8O3/c1-16-11-31-25(33-21-7-8-32-35(21)2)34-23(16)30-12-18-10-26(14-38-3,15-39-4)36(24(37)22(18)29)13-17-5-6-19(27)20(28)9-17/h5-9,11-12H,10,13-15,29H2,1-4H3,(H,31,33,34). The largest absolute Gasteiger partial charge is 0.394 e. The van der Waals surface area contributed by atoms with Gasteiger partial charge in [0.15, 0.2) is 17.5 Å². The van der Waals surface area contributed by atoms with Crippen molar-refractivity contribution < 1.29 is 23.0 Å². The van der Waals surface area contributed by atoms with Crippen LogP contribution in [0, 0.1) is 18.6 Å². The van der Waals surface area contributed by atoms with Crippen molar-refractivity contribution in [2.24, 2.45) is 17.8 Å². The summed E-state index contributed by atoms with van der Waals surface area (Å²) < 4.78 is 40.0. The minimum atomic E-state index is -1.00. The summed E-state index contributed by atoms with van der Waals surface area (Å²) in [5.74, 6) is -1.07. The van der Waals surface area contributed by atoms with Gasteiger partial charge in [0.2, 0.25) is 5.95 Å². The molecule has 4 rings (SSSR count). The molecule has 3 aromatic rings. The first kappa shape index (κ1) is 27.8. The zero-order valence-corrected chi connectivity index (χ0v) is 22.1. The molecule has 0 radical (unpaired) electrons. The second-order valence-electron chi connectivity index (χ2n) is 9.27. The van der Waals surface area contributed by atoms with E-state index in [9.17, 15) is 13.6 Å². The van der Waals surface area contributed by atoms with E-state index in [1.807, 2.05) is 6.92 Å². The van der Waals surface area contributed by atoms with Crippen LogP contribution in [0.15, 0.2) is 52.9 Å². The Morgan fingerprint density at radius 1 is 1.21 bits per heavy atom. The van der Waals surface area contributed by atoms with Gasteiger partial charge in [-0.3, -0.25) is 9.48 Å². The van der Waals surface area contributed by atoms with E-state index in [0.717, 1.165) is 12.1 Å². The molecule has 3 N–H and O–H groups in total. The molecule has 0 aliphatic carbocycles. The number of methoxy groups -OCH3 is 2. The quantitative estimate of drug-likeness (QED) is 0.375. The topological polar surface area (TPSA) is 133 Å². The van der Waals surface area contributed by atoms with Crippen LogP contribution < -0.4 is 11.1 Å². The van der Waals surface area contributed by atoms with E-state index in [0.29, 0.717) is 34.3 Å². The lowest BCUT2D eigenvalue weighted by Gasteiger charge is -2.46. The van der Waals surface area contributed by atoms with Crippen molar-refractivity contribution in [1.82, 2.24) is 24.6 Å². The number of anilines is 2. The van der Waals surface area contributed by atoms with Crippen molar-refractivity contribution in [3.8, 4) is 0 Å². The highest BCUT2D eigenvalue weighted by atomic mass is 19.2. The van der Waals surface area contributed by atoms with Gasteiger partial charge in [-0.05, 0) is 24.6 Å². The van der Waals surface area contributed by atoms with Crippen molar-refractivity contribution >= 4 is 29.7 Å². The van der Waals surface area contributed by atoms with E-state index in [-0.39, 0.29) is 31.9 Å². The van der Waals surface area contributed by atoms with Crippen LogP contribution in [0.2, 0.25) is 0 Å². The number of aliphatic imine (C=N–C) groups is 1. The highest BCUT2D eigenvalue weighted by Crippen LogP contribution is 2.34. The molecule has 0 saturated heterocycles. The van der Waals surface area contributed by atoms with Crippen LogP contribution in [-0.4, -0.2) is 69.7 Å². The molecule has 0 fully saturated rings. The Bertz CT molecular complexity index is 1420. The highest BCUT2D eigenvalue weighted by Gasteiger charge is 2.45. The van der Waals surface area contributed by atoms with Crippen LogP contribution in [0.5, 0.6) is 0 Å². The van der Waals surface area contributed by atoms with Gasteiger partial charge in [-0.1, -0.05) is 6.07 Å². The molecule has 1 aliphatic heterocycles. The molecule has 206 valence electrons. The van der Waals surface area contributed by atoms with E-state index >= 15 is 0 Å². The summed E-state index contributed by atoms with van der Waals surface area (Å²) >= 11 is 0. The number of aromatic nitrogens is 4. The van der Waals surface area contributed by atoms with Crippen LogP contribution in [0.4, 0.5) is 26.4 Å². The third kappa shape index (κ3) is 5.94. The zero-order chi connectivity index (χ0) is 28.2. The number of hydrogen-bond donors (Lipinski definition) is 2. The number of benzene rings is 1. The number of nitrogens with one attached hydrogen (secondary N) is 1. The van der Waals surface area contributed by atoms with Crippen molar-refractivity contribution in [3.05, 3.63) is 70.7 Å². The van der Waals surface area contributed by atoms with Gasteiger partial charge < -0.3 is 25.4 Å². The van der Waals surface area contributed by atoms with Crippen molar-refractivity contribution in [2.75, 3.05) is 32.8 Å². The minimum Gasteiger partial charge on any atom is -0.394 e. The molecule has 0 unspecified atom stereocenters. The van der Waals surface area contributed by atoms with Gasteiger partial charge in [0.1, 0.15) is 11.5 Å². The number of nitrogens with zero attached hydrogens (tertiary/aromatic N) is 6. The van der Waals surface area contributed by atoms with Gasteiger partial charge in [0.05, 0.1) is 24.9 Å². The summed E-state index contributed by atoms with van der Waals surface area (Å²) in [6.07, 6.45) is 5.02. The predicted octanol–water partition coefficient (Wildman–Crippen LogP) is 2.92. The lowest BCUT2D eigenvalue weighted by Crippen LogP contribution is -2.61. The number of amides is 1. The van der Waals surface area contributed by atoms with Crippen molar-refractivity contribution in [2.45, 2.75) is 25.4 Å². The molecule has 1 amide bonds. The molecule has 1 aromatic carbocycles. The van der Waals surface area contributed by atoms with Crippen molar-refractivity contribution in [3.63, 3.8) is 0 Å². The van der Waals surface area contributed by atoms with Crippen LogP contribution in [-0.2, 0) is 27.9 Å². The first-order valence-corrected chi connectivity index (χ1v) is 12.0. The van der Waals surface area contributed by atoms with Crippen LogP contribution in [0.3, 0.4) is 0 Å². The molecule has 0 atom stereocenters. The third-order valence-corrected chi connectivity index (χ3v) is 6.41. The van der Waals surface area contributed by atoms with Crippen molar-refractivity contribution in [1.29, 1.82) is 0 Å². The molecule has 13 heteroatoms. The normalized spacial score (nSPS) is 15.4. The molecular weight excluding hydrogens is 510 g/mol. The highest BCUT2D eigenvalue weighted by molar-refractivity contribution is 6.01. The zero-order valence-electron chi connectivity index (χ0n) is 22.1. The van der Waals surface area contributed by atoms with Gasteiger partial charge in [-0.25, -0.2) is 18.8 Å². The Hall–Kier alpha value is -4.23. The fourth-order valence-electron chi connectivity index (χ4n) is 4.43. The van der Waals surface area contributed by atoms with Crippen LogP contribution >= 0.6 is 0 Å². The number of carbonyl (C=O) groups excluding carboxylic acids is 1. The van der Waals surface area contributed by atoms with Gasteiger partial charge in [0, 0.05) is 63.8 Å². The van der Waals surface area contributed by atoms with Crippen LogP contribution in [0.25, 0.3) is 0 Å². The Balaban J connectivity index is 1.66. The fourth-order valence-corrected chi connectivity index (χ4v) is 4.43. The lowest BCUT2D eigenvalue weighted by molar-refractivity contribution is -0.142. The van der Waals surface area contributed by atoms with E-state index in [2.05, 4.69) is 25.4 Å². The Morgan fingerprint density at radius 3 is 2.59 bits per heavy atom. The maximum Gasteiger partial charge on any atom is 0.270 e. The Morgan fingerprint density at radius 2 is 1.95 bits per heavy atom. The molecule has 2 aromatic heterocycles. The van der Waals surface area contributed by atoms with Gasteiger partial charge in [0.25, 0.3) is 5.91 Å². The number of carbonyl (C=O) groups is 1. The summed E-state index contributed by atoms with van der Waals surface area (Å²) in [6.45, 7) is 1.99. The first-order chi connectivity index (χ1) is 18.7. The molecular formula is C26H30F2N8O3.